The highest BCUT2D eigenvalue weighted by atomic mass is 127. The van der Waals surface area contributed by atoms with Crippen molar-refractivity contribution in [2.75, 3.05) is 0 Å². The first-order chi connectivity index (χ1) is 9.16. The molecule has 0 fully saturated rings. The Kier molecular flexibility index (Phi) is 4.51. The predicted octanol–water partition coefficient (Wildman–Crippen LogP) is 2.76. The van der Waals surface area contributed by atoms with Gasteiger partial charge in [0.15, 0.2) is 0 Å². The molecule has 2 N–H and O–H groups in total. The second-order valence-electron chi connectivity index (χ2n) is 3.77. The normalized spacial score (nSPS) is 10.6. The van der Waals surface area contributed by atoms with Crippen LogP contribution in [-0.2, 0) is 0 Å². The topological polar surface area (TPSA) is 61.7 Å². The molecule has 0 aliphatic carbocycles. The van der Waals surface area contributed by atoms with Crippen LogP contribution < -0.4 is 5.43 Å². The Balaban J connectivity index is 2.01. The summed E-state index contributed by atoms with van der Waals surface area (Å²) in [5.74, 6) is -0.0555. The van der Waals surface area contributed by atoms with Gasteiger partial charge < -0.3 is 5.11 Å². The van der Waals surface area contributed by atoms with E-state index in [2.05, 4.69) is 33.1 Å². The van der Waals surface area contributed by atoms with E-state index in [0.717, 1.165) is 9.13 Å². The number of benzene rings is 2. The zero-order valence-electron chi connectivity index (χ0n) is 9.88. The SMILES string of the molecule is O=C(N/N=C\c1ccc(O)cc1)c1ccccc1I. The van der Waals surface area contributed by atoms with Gasteiger partial charge in [-0.1, -0.05) is 12.1 Å². The van der Waals surface area contributed by atoms with Crippen LogP contribution in [0.2, 0.25) is 0 Å². The highest BCUT2D eigenvalue weighted by Gasteiger charge is 2.07. The summed E-state index contributed by atoms with van der Waals surface area (Å²) >= 11 is 2.10. The van der Waals surface area contributed by atoms with Crippen LogP contribution in [0.5, 0.6) is 5.75 Å². The van der Waals surface area contributed by atoms with Gasteiger partial charge in [-0.15, -0.1) is 0 Å². The number of hydrogen-bond acceptors (Lipinski definition) is 3. The number of halogens is 1. The Morgan fingerprint density at radius 1 is 1.16 bits per heavy atom. The van der Waals surface area contributed by atoms with Gasteiger partial charge in [-0.05, 0) is 64.6 Å². The van der Waals surface area contributed by atoms with E-state index in [1.165, 1.54) is 6.21 Å². The van der Waals surface area contributed by atoms with Gasteiger partial charge in [-0.3, -0.25) is 4.79 Å². The van der Waals surface area contributed by atoms with Gasteiger partial charge in [-0.25, -0.2) is 5.43 Å². The number of aromatic hydroxyl groups is 1. The summed E-state index contributed by atoms with van der Waals surface area (Å²) in [4.78, 5) is 11.8. The monoisotopic (exact) mass is 366 g/mol. The molecule has 0 aromatic heterocycles. The Bertz CT molecular complexity index is 609. The summed E-state index contributed by atoms with van der Waals surface area (Å²) in [6, 6.07) is 13.8. The van der Waals surface area contributed by atoms with Gasteiger partial charge in [-0.2, -0.15) is 5.10 Å². The number of carbonyl (C=O) groups excluding carboxylic acids is 1. The largest absolute Gasteiger partial charge is 0.508 e. The molecule has 0 aliphatic rings. The van der Waals surface area contributed by atoms with Gasteiger partial charge in [0.1, 0.15) is 5.75 Å². The fraction of sp³-hybridized carbons (Fsp3) is 0. The number of hydrazone groups is 1. The molecule has 5 heteroatoms. The Hall–Kier alpha value is -1.89. The van der Waals surface area contributed by atoms with Gasteiger partial charge >= 0.3 is 0 Å². The molecule has 0 radical (unpaired) electrons. The third kappa shape index (κ3) is 3.78. The number of carbonyl (C=O) groups is 1. The maximum absolute atomic E-state index is 11.8. The molecule has 0 atom stereocenters. The molecule has 96 valence electrons. The second kappa shape index (κ2) is 6.33. The third-order valence-electron chi connectivity index (χ3n) is 2.39. The van der Waals surface area contributed by atoms with Crippen molar-refractivity contribution in [2.24, 2.45) is 5.10 Å². The van der Waals surface area contributed by atoms with Crippen LogP contribution >= 0.6 is 22.6 Å². The average Bonchev–Trinajstić information content (AvgIpc) is 2.41. The summed E-state index contributed by atoms with van der Waals surface area (Å²) in [5, 5.41) is 13.0. The van der Waals surface area contributed by atoms with Crippen molar-refractivity contribution in [1.29, 1.82) is 0 Å². The highest BCUT2D eigenvalue weighted by molar-refractivity contribution is 14.1. The summed E-state index contributed by atoms with van der Waals surface area (Å²) in [6.45, 7) is 0. The summed E-state index contributed by atoms with van der Waals surface area (Å²) < 4.78 is 0.873. The molecule has 2 aromatic carbocycles. The molecule has 0 saturated carbocycles. The van der Waals surface area contributed by atoms with E-state index >= 15 is 0 Å². The fourth-order valence-electron chi connectivity index (χ4n) is 1.43. The Morgan fingerprint density at radius 3 is 2.53 bits per heavy atom. The molecule has 0 aliphatic heterocycles. The molecule has 0 bridgehead atoms. The number of amides is 1. The number of nitrogens with one attached hydrogen (secondary N) is 1. The van der Waals surface area contributed by atoms with Crippen LogP contribution in [0.15, 0.2) is 53.6 Å². The smallest absolute Gasteiger partial charge is 0.272 e. The lowest BCUT2D eigenvalue weighted by molar-refractivity contribution is 0.0954. The number of rotatable bonds is 3. The minimum atomic E-state index is -0.250. The summed E-state index contributed by atoms with van der Waals surface area (Å²) in [5.41, 5.74) is 3.85. The predicted molar refractivity (Wildman–Crippen MR) is 82.3 cm³/mol. The lowest BCUT2D eigenvalue weighted by Crippen LogP contribution is -2.18. The van der Waals surface area contributed by atoms with Gasteiger partial charge in [0, 0.05) is 3.57 Å². The lowest BCUT2D eigenvalue weighted by Gasteiger charge is -2.01. The quantitative estimate of drug-likeness (QED) is 0.499. The second-order valence-corrected chi connectivity index (χ2v) is 4.93. The van der Waals surface area contributed by atoms with Gasteiger partial charge in [0.05, 0.1) is 11.8 Å². The molecule has 2 rings (SSSR count). The molecular formula is C14H11IN2O2. The zero-order valence-corrected chi connectivity index (χ0v) is 12.0. The van der Waals surface area contributed by atoms with E-state index in [-0.39, 0.29) is 11.7 Å². The molecular weight excluding hydrogens is 355 g/mol. The number of hydrogen-bond donors (Lipinski definition) is 2. The minimum absolute atomic E-state index is 0.194. The Labute approximate surface area is 124 Å². The lowest BCUT2D eigenvalue weighted by atomic mass is 10.2. The molecule has 0 spiro atoms. The average molecular weight is 366 g/mol. The van der Waals surface area contributed by atoms with Crippen LogP contribution in [0, 0.1) is 3.57 Å². The van der Waals surface area contributed by atoms with Crippen LogP contribution in [-0.4, -0.2) is 17.2 Å². The fourth-order valence-corrected chi connectivity index (χ4v) is 2.06. The maximum atomic E-state index is 11.8. The first-order valence-corrected chi connectivity index (χ1v) is 6.61. The van der Waals surface area contributed by atoms with E-state index in [9.17, 15) is 4.79 Å². The van der Waals surface area contributed by atoms with Crippen molar-refractivity contribution in [3.8, 4) is 5.75 Å². The third-order valence-corrected chi connectivity index (χ3v) is 3.33. The van der Waals surface area contributed by atoms with Crippen LogP contribution in [0.4, 0.5) is 0 Å². The number of nitrogens with zero attached hydrogens (tertiary/aromatic N) is 1. The van der Waals surface area contributed by atoms with Crippen molar-refractivity contribution in [2.45, 2.75) is 0 Å². The van der Waals surface area contributed by atoms with Crippen molar-refractivity contribution in [3.63, 3.8) is 0 Å². The number of phenolic OH excluding ortho intramolecular Hbond substituents is 1. The Morgan fingerprint density at radius 2 is 1.84 bits per heavy atom. The first kappa shape index (κ1) is 13.5. The van der Waals surface area contributed by atoms with Gasteiger partial charge in [0.2, 0.25) is 0 Å². The maximum Gasteiger partial charge on any atom is 0.272 e. The van der Waals surface area contributed by atoms with Crippen LogP contribution in [0.1, 0.15) is 15.9 Å². The molecule has 0 heterocycles. The van der Waals surface area contributed by atoms with E-state index in [0.29, 0.717) is 5.56 Å². The van der Waals surface area contributed by atoms with Crippen molar-refractivity contribution < 1.29 is 9.90 Å². The van der Waals surface area contributed by atoms with E-state index < -0.39 is 0 Å². The standard InChI is InChI=1S/C14H11IN2O2/c15-13-4-2-1-3-12(13)14(19)17-16-9-10-5-7-11(18)8-6-10/h1-9,18H,(H,17,19)/b16-9-. The zero-order chi connectivity index (χ0) is 13.7. The molecule has 19 heavy (non-hydrogen) atoms. The van der Waals surface area contributed by atoms with E-state index in [1.807, 2.05) is 12.1 Å². The van der Waals surface area contributed by atoms with E-state index in [4.69, 9.17) is 5.11 Å². The number of phenols is 1. The molecule has 4 nitrogen and oxygen atoms in total. The molecule has 0 unspecified atom stereocenters. The van der Waals surface area contributed by atoms with Crippen LogP contribution in [0.25, 0.3) is 0 Å². The molecule has 0 saturated heterocycles. The van der Waals surface area contributed by atoms with Gasteiger partial charge in [0.25, 0.3) is 5.91 Å². The molecule has 1 amide bonds. The summed E-state index contributed by atoms with van der Waals surface area (Å²) in [6.07, 6.45) is 1.52. The first-order valence-electron chi connectivity index (χ1n) is 5.54. The molecule has 2 aromatic rings. The van der Waals surface area contributed by atoms with Crippen LogP contribution in [0.3, 0.4) is 0 Å². The van der Waals surface area contributed by atoms with Crippen molar-refractivity contribution in [1.82, 2.24) is 5.43 Å². The summed E-state index contributed by atoms with van der Waals surface area (Å²) in [7, 11) is 0. The van der Waals surface area contributed by atoms with Crippen molar-refractivity contribution >= 4 is 34.7 Å². The van der Waals surface area contributed by atoms with E-state index in [1.54, 1.807) is 36.4 Å². The minimum Gasteiger partial charge on any atom is -0.508 e. The highest BCUT2D eigenvalue weighted by Crippen LogP contribution is 2.11. The van der Waals surface area contributed by atoms with Crippen molar-refractivity contribution in [3.05, 3.63) is 63.2 Å².